The van der Waals surface area contributed by atoms with Gasteiger partial charge in [0, 0.05) is 0 Å². The number of hydrogen-bond acceptors (Lipinski definition) is 4. The van der Waals surface area contributed by atoms with Crippen molar-refractivity contribution in [1.29, 1.82) is 0 Å². The summed E-state index contributed by atoms with van der Waals surface area (Å²) in [5.41, 5.74) is 0.961. The summed E-state index contributed by atoms with van der Waals surface area (Å²) >= 11 is 0.797. The number of benzene rings is 2. The number of carbonyl (C=O) groups is 3. The van der Waals surface area contributed by atoms with Gasteiger partial charge in [0.1, 0.15) is 0 Å². The van der Waals surface area contributed by atoms with Crippen LogP contribution in [0.3, 0.4) is 0 Å². The molecule has 1 saturated heterocycles. The predicted molar refractivity (Wildman–Crippen MR) is 88.3 cm³/mol. The number of carboxylic acids is 1. The second-order valence-electron chi connectivity index (χ2n) is 4.75. The zero-order valence-corrected chi connectivity index (χ0v) is 12.6. The average Bonchev–Trinajstić information content (AvgIpc) is 2.82. The highest BCUT2D eigenvalue weighted by molar-refractivity contribution is 8.19. The molecule has 6 heteroatoms. The maximum Gasteiger partial charge on any atom is 0.336 e. The Bertz CT molecular complexity index is 829. The molecule has 0 radical (unpaired) electrons. The number of imide groups is 1. The summed E-state index contributed by atoms with van der Waals surface area (Å²) in [5.74, 6) is -1.54. The fourth-order valence-electron chi connectivity index (χ4n) is 2.23. The Labute approximate surface area is 136 Å². The molecule has 2 aromatic carbocycles. The number of carboxylic acid groups (broad SMARTS) is 1. The van der Waals surface area contributed by atoms with Crippen molar-refractivity contribution in [2.45, 2.75) is 0 Å². The van der Waals surface area contributed by atoms with Gasteiger partial charge < -0.3 is 5.11 Å². The Morgan fingerprint density at radius 1 is 1.00 bits per heavy atom. The lowest BCUT2D eigenvalue weighted by atomic mass is 10.1. The van der Waals surface area contributed by atoms with E-state index in [4.69, 9.17) is 0 Å². The quantitative estimate of drug-likeness (QED) is 0.872. The number of carbonyl (C=O) groups excluding carboxylic acids is 2. The lowest BCUT2D eigenvalue weighted by Crippen LogP contribution is -2.27. The topological polar surface area (TPSA) is 74.7 Å². The zero-order chi connectivity index (χ0) is 16.4. The summed E-state index contributed by atoms with van der Waals surface area (Å²) in [6.07, 6.45) is 1.44. The van der Waals surface area contributed by atoms with Crippen molar-refractivity contribution in [2.24, 2.45) is 0 Å². The molecule has 3 rings (SSSR count). The Kier molecular flexibility index (Phi) is 3.99. The minimum Gasteiger partial charge on any atom is -0.478 e. The summed E-state index contributed by atoms with van der Waals surface area (Å²) in [6, 6.07) is 15.0. The van der Waals surface area contributed by atoms with Gasteiger partial charge in [-0.05, 0) is 41.6 Å². The van der Waals surface area contributed by atoms with E-state index in [1.807, 2.05) is 0 Å². The van der Waals surface area contributed by atoms with Crippen LogP contribution >= 0.6 is 11.8 Å². The SMILES string of the molecule is O=C(O)c1ccccc1/C=C1/SC(=O)N(c2ccccc2)C1=O. The largest absolute Gasteiger partial charge is 0.478 e. The molecule has 0 bridgehead atoms. The van der Waals surface area contributed by atoms with Crippen LogP contribution in [-0.4, -0.2) is 22.2 Å². The van der Waals surface area contributed by atoms with E-state index < -0.39 is 17.1 Å². The van der Waals surface area contributed by atoms with Crippen molar-refractivity contribution >= 4 is 40.6 Å². The van der Waals surface area contributed by atoms with Gasteiger partial charge >= 0.3 is 5.97 Å². The molecule has 1 aliphatic rings. The third-order valence-corrected chi connectivity index (χ3v) is 4.16. The molecular weight excluding hydrogens is 314 g/mol. The summed E-state index contributed by atoms with van der Waals surface area (Å²) in [4.78, 5) is 37.1. The molecule has 0 aliphatic carbocycles. The van der Waals surface area contributed by atoms with E-state index in [9.17, 15) is 19.5 Å². The molecule has 0 unspecified atom stereocenters. The van der Waals surface area contributed by atoms with Crippen LogP contribution in [0.1, 0.15) is 15.9 Å². The lowest BCUT2D eigenvalue weighted by Gasteiger charge is -2.11. The summed E-state index contributed by atoms with van der Waals surface area (Å²) in [7, 11) is 0. The monoisotopic (exact) mass is 325 g/mol. The number of nitrogens with zero attached hydrogens (tertiary/aromatic N) is 1. The third-order valence-electron chi connectivity index (χ3n) is 3.29. The molecule has 0 aromatic heterocycles. The van der Waals surface area contributed by atoms with Gasteiger partial charge in [0.25, 0.3) is 11.1 Å². The van der Waals surface area contributed by atoms with E-state index in [2.05, 4.69) is 0 Å². The first-order chi connectivity index (χ1) is 11.1. The molecule has 2 amide bonds. The number of thioether (sulfide) groups is 1. The fraction of sp³-hybridized carbons (Fsp3) is 0. The highest BCUT2D eigenvalue weighted by Gasteiger charge is 2.36. The number of hydrogen-bond donors (Lipinski definition) is 1. The molecule has 1 N–H and O–H groups in total. The van der Waals surface area contributed by atoms with Crippen molar-refractivity contribution in [3.8, 4) is 0 Å². The first-order valence-corrected chi connectivity index (χ1v) is 7.55. The van der Waals surface area contributed by atoms with Crippen molar-refractivity contribution < 1.29 is 19.5 Å². The molecular formula is C17H11NO4S. The van der Waals surface area contributed by atoms with Crippen molar-refractivity contribution in [2.75, 3.05) is 4.90 Å². The van der Waals surface area contributed by atoms with Gasteiger partial charge in [0.2, 0.25) is 0 Å². The van der Waals surface area contributed by atoms with Crippen LogP contribution in [0.15, 0.2) is 59.5 Å². The van der Waals surface area contributed by atoms with E-state index in [0.717, 1.165) is 16.7 Å². The highest BCUT2D eigenvalue weighted by atomic mass is 32.2. The first-order valence-electron chi connectivity index (χ1n) is 6.73. The molecule has 0 saturated carbocycles. The van der Waals surface area contributed by atoms with Crippen LogP contribution in [-0.2, 0) is 4.79 Å². The first kappa shape index (κ1) is 15.1. The smallest absolute Gasteiger partial charge is 0.336 e. The Morgan fingerprint density at radius 2 is 1.65 bits per heavy atom. The summed E-state index contributed by atoms with van der Waals surface area (Å²) in [5, 5.41) is 8.79. The Balaban J connectivity index is 1.99. The number of rotatable bonds is 3. The van der Waals surface area contributed by atoms with Crippen LogP contribution < -0.4 is 4.90 Å². The van der Waals surface area contributed by atoms with E-state index in [0.29, 0.717) is 11.3 Å². The van der Waals surface area contributed by atoms with Crippen LogP contribution in [0.25, 0.3) is 6.08 Å². The minimum atomic E-state index is -1.08. The molecule has 5 nitrogen and oxygen atoms in total. The Morgan fingerprint density at radius 3 is 2.35 bits per heavy atom. The molecule has 0 atom stereocenters. The second kappa shape index (κ2) is 6.10. The van der Waals surface area contributed by atoms with Crippen LogP contribution in [0.5, 0.6) is 0 Å². The third kappa shape index (κ3) is 2.89. The molecule has 23 heavy (non-hydrogen) atoms. The molecule has 1 aliphatic heterocycles. The summed E-state index contributed by atoms with van der Waals surface area (Å²) < 4.78 is 0. The van der Waals surface area contributed by atoms with E-state index in [1.165, 1.54) is 12.1 Å². The standard InChI is InChI=1S/C17H11NO4S/c19-15-14(10-11-6-4-5-9-13(11)16(20)21)23-17(22)18(15)12-7-2-1-3-8-12/h1-10H,(H,20,21)/b14-10+. The Hall–Kier alpha value is -2.86. The van der Waals surface area contributed by atoms with Gasteiger partial charge in [-0.25, -0.2) is 9.69 Å². The fourth-order valence-corrected chi connectivity index (χ4v) is 3.06. The maximum absolute atomic E-state index is 12.5. The van der Waals surface area contributed by atoms with Crippen molar-refractivity contribution in [3.63, 3.8) is 0 Å². The number of para-hydroxylation sites is 1. The second-order valence-corrected chi connectivity index (χ2v) is 5.74. The van der Waals surface area contributed by atoms with Crippen LogP contribution in [0.2, 0.25) is 0 Å². The maximum atomic E-state index is 12.5. The van der Waals surface area contributed by atoms with Crippen LogP contribution in [0, 0.1) is 0 Å². The predicted octanol–water partition coefficient (Wildman–Crippen LogP) is 3.63. The number of aromatic carboxylic acids is 1. The van der Waals surface area contributed by atoms with E-state index in [1.54, 1.807) is 48.5 Å². The van der Waals surface area contributed by atoms with Gasteiger partial charge in [-0.2, -0.15) is 0 Å². The van der Waals surface area contributed by atoms with Gasteiger partial charge in [0.15, 0.2) is 0 Å². The van der Waals surface area contributed by atoms with E-state index >= 15 is 0 Å². The zero-order valence-electron chi connectivity index (χ0n) is 11.8. The lowest BCUT2D eigenvalue weighted by molar-refractivity contribution is -0.113. The van der Waals surface area contributed by atoms with Gasteiger partial charge in [0.05, 0.1) is 16.2 Å². The van der Waals surface area contributed by atoms with Crippen molar-refractivity contribution in [3.05, 3.63) is 70.6 Å². The molecule has 0 spiro atoms. The van der Waals surface area contributed by atoms with Crippen LogP contribution in [0.4, 0.5) is 10.5 Å². The number of amides is 2. The summed E-state index contributed by atoms with van der Waals surface area (Å²) in [6.45, 7) is 0. The molecule has 1 heterocycles. The van der Waals surface area contributed by atoms with E-state index in [-0.39, 0.29) is 10.5 Å². The highest BCUT2D eigenvalue weighted by Crippen LogP contribution is 2.35. The van der Waals surface area contributed by atoms with Gasteiger partial charge in [-0.15, -0.1) is 0 Å². The molecule has 2 aromatic rings. The molecule has 114 valence electrons. The normalized spacial score (nSPS) is 16.2. The van der Waals surface area contributed by atoms with Gasteiger partial charge in [-0.3, -0.25) is 9.59 Å². The minimum absolute atomic E-state index is 0.0824. The van der Waals surface area contributed by atoms with Gasteiger partial charge in [-0.1, -0.05) is 36.4 Å². The average molecular weight is 325 g/mol. The molecule has 1 fully saturated rings. The van der Waals surface area contributed by atoms with Crippen molar-refractivity contribution in [1.82, 2.24) is 0 Å². The number of anilines is 1.